The number of tetrazole rings is 1. The molecular weight excluding hydrogens is 330 g/mol. The number of carbonyl (C=O) groups excluding carboxylic acids is 2. The van der Waals surface area contributed by atoms with Crippen molar-refractivity contribution < 1.29 is 9.59 Å². The van der Waals surface area contributed by atoms with Gasteiger partial charge in [0.1, 0.15) is 5.78 Å². The van der Waals surface area contributed by atoms with E-state index >= 15 is 0 Å². The van der Waals surface area contributed by atoms with Crippen LogP contribution in [-0.2, 0) is 10.2 Å². The lowest BCUT2D eigenvalue weighted by molar-refractivity contribution is -0.124. The first-order valence-corrected chi connectivity index (χ1v) is 8.64. The van der Waals surface area contributed by atoms with Crippen LogP contribution in [0.3, 0.4) is 0 Å². The average molecular weight is 349 g/mol. The topological polar surface area (TPSA) is 80.5 Å². The third-order valence-electron chi connectivity index (χ3n) is 5.34. The van der Waals surface area contributed by atoms with Crippen LogP contribution in [0.5, 0.6) is 0 Å². The normalized spacial score (nSPS) is 16.6. The van der Waals surface area contributed by atoms with Crippen LogP contribution < -0.4 is 0 Å². The first-order valence-electron chi connectivity index (χ1n) is 8.64. The van der Waals surface area contributed by atoms with Crippen molar-refractivity contribution in [3.63, 3.8) is 0 Å². The fourth-order valence-corrected chi connectivity index (χ4v) is 3.74. The number of pyridine rings is 1. The predicted molar refractivity (Wildman–Crippen MR) is 94.7 cm³/mol. The van der Waals surface area contributed by atoms with Gasteiger partial charge in [0.15, 0.2) is 5.65 Å². The molecule has 26 heavy (non-hydrogen) atoms. The number of piperidine rings is 1. The van der Waals surface area contributed by atoms with Gasteiger partial charge in [0.2, 0.25) is 0 Å². The molecule has 0 aliphatic carbocycles. The maximum atomic E-state index is 12.8. The quantitative estimate of drug-likeness (QED) is 0.721. The average Bonchev–Trinajstić information content (AvgIpc) is 3.16. The predicted octanol–water partition coefficient (Wildman–Crippen LogP) is 1.89. The second-order valence-electron chi connectivity index (χ2n) is 6.70. The maximum absolute atomic E-state index is 12.8. The summed E-state index contributed by atoms with van der Waals surface area (Å²) < 4.78 is 1.49. The van der Waals surface area contributed by atoms with Gasteiger partial charge in [0.25, 0.3) is 5.91 Å². The van der Waals surface area contributed by atoms with Crippen molar-refractivity contribution in [3.8, 4) is 0 Å². The van der Waals surface area contributed by atoms with Gasteiger partial charge in [-0.15, -0.1) is 5.10 Å². The fraction of sp³-hybridized carbons (Fsp3) is 0.316. The third-order valence-corrected chi connectivity index (χ3v) is 5.34. The van der Waals surface area contributed by atoms with Crippen LogP contribution in [0.4, 0.5) is 0 Å². The Balaban J connectivity index is 1.55. The SMILES string of the molecule is CC(=O)C1(c2ccccc2)CCN(C(=O)c2ccc3nnnn3c2)CC1. The number of hydrogen-bond donors (Lipinski definition) is 0. The van der Waals surface area contributed by atoms with Crippen molar-refractivity contribution in [2.45, 2.75) is 25.2 Å². The molecule has 3 heterocycles. The molecule has 1 aliphatic heterocycles. The highest BCUT2D eigenvalue weighted by Gasteiger charge is 2.41. The Hall–Kier alpha value is -3.09. The summed E-state index contributed by atoms with van der Waals surface area (Å²) in [5, 5.41) is 11.3. The van der Waals surface area contributed by atoms with E-state index in [4.69, 9.17) is 0 Å². The van der Waals surface area contributed by atoms with Gasteiger partial charge < -0.3 is 4.90 Å². The Morgan fingerprint density at radius 1 is 1.04 bits per heavy atom. The lowest BCUT2D eigenvalue weighted by atomic mass is 9.70. The Bertz CT molecular complexity index is 958. The minimum atomic E-state index is -0.502. The van der Waals surface area contributed by atoms with Gasteiger partial charge in [-0.3, -0.25) is 9.59 Å². The largest absolute Gasteiger partial charge is 0.339 e. The molecule has 0 N–H and O–H groups in total. The minimum absolute atomic E-state index is 0.0624. The summed E-state index contributed by atoms with van der Waals surface area (Å²) in [6.07, 6.45) is 2.90. The summed E-state index contributed by atoms with van der Waals surface area (Å²) in [5.41, 5.74) is 1.67. The zero-order valence-electron chi connectivity index (χ0n) is 14.5. The summed E-state index contributed by atoms with van der Waals surface area (Å²) in [5.74, 6) is 0.0959. The van der Waals surface area contributed by atoms with Crippen molar-refractivity contribution in [2.75, 3.05) is 13.1 Å². The lowest BCUT2D eigenvalue weighted by Gasteiger charge is -2.40. The Morgan fingerprint density at radius 3 is 2.46 bits per heavy atom. The van der Waals surface area contributed by atoms with E-state index in [0.29, 0.717) is 37.1 Å². The number of benzene rings is 1. The third kappa shape index (κ3) is 2.65. The van der Waals surface area contributed by atoms with Gasteiger partial charge in [-0.05, 0) is 47.9 Å². The first-order chi connectivity index (χ1) is 12.6. The number of rotatable bonds is 3. The van der Waals surface area contributed by atoms with E-state index in [1.54, 1.807) is 30.2 Å². The summed E-state index contributed by atoms with van der Waals surface area (Å²) in [7, 11) is 0. The molecule has 4 rings (SSSR count). The number of ketones is 1. The molecule has 1 fully saturated rings. The molecule has 7 heteroatoms. The van der Waals surface area contributed by atoms with Gasteiger partial charge in [-0.1, -0.05) is 30.3 Å². The van der Waals surface area contributed by atoms with Crippen LogP contribution in [0.25, 0.3) is 5.65 Å². The summed E-state index contributed by atoms with van der Waals surface area (Å²) in [6.45, 7) is 2.73. The van der Waals surface area contributed by atoms with Gasteiger partial charge in [0, 0.05) is 19.3 Å². The van der Waals surface area contributed by atoms with Crippen LogP contribution in [0.15, 0.2) is 48.7 Å². The summed E-state index contributed by atoms with van der Waals surface area (Å²) in [4.78, 5) is 27.1. The van der Waals surface area contributed by atoms with Crippen molar-refractivity contribution in [3.05, 3.63) is 59.8 Å². The van der Waals surface area contributed by atoms with Gasteiger partial charge in [-0.2, -0.15) is 4.52 Å². The lowest BCUT2D eigenvalue weighted by Crippen LogP contribution is -2.48. The molecule has 132 valence electrons. The Morgan fingerprint density at radius 2 is 1.77 bits per heavy atom. The van der Waals surface area contributed by atoms with Gasteiger partial charge >= 0.3 is 0 Å². The van der Waals surface area contributed by atoms with Crippen molar-refractivity contribution in [1.29, 1.82) is 0 Å². The van der Waals surface area contributed by atoms with E-state index < -0.39 is 5.41 Å². The zero-order valence-corrected chi connectivity index (χ0v) is 14.5. The zero-order chi connectivity index (χ0) is 18.1. The van der Waals surface area contributed by atoms with Crippen LogP contribution in [0, 0.1) is 0 Å². The Labute approximate surface area is 150 Å². The molecule has 2 aromatic heterocycles. The van der Waals surface area contributed by atoms with Crippen molar-refractivity contribution in [1.82, 2.24) is 24.9 Å². The molecule has 0 saturated carbocycles. The first kappa shape index (κ1) is 16.4. The molecular formula is C19H19N5O2. The highest BCUT2D eigenvalue weighted by Crippen LogP contribution is 2.36. The molecule has 7 nitrogen and oxygen atoms in total. The fourth-order valence-electron chi connectivity index (χ4n) is 3.74. The molecule has 1 aliphatic rings. The van der Waals surface area contributed by atoms with E-state index in [1.165, 1.54) is 4.52 Å². The van der Waals surface area contributed by atoms with E-state index in [0.717, 1.165) is 5.56 Å². The highest BCUT2D eigenvalue weighted by atomic mass is 16.2. The molecule has 0 spiro atoms. The molecule has 3 aromatic rings. The van der Waals surface area contributed by atoms with E-state index in [-0.39, 0.29) is 11.7 Å². The number of nitrogens with zero attached hydrogens (tertiary/aromatic N) is 5. The number of hydrogen-bond acceptors (Lipinski definition) is 5. The molecule has 0 radical (unpaired) electrons. The molecule has 0 unspecified atom stereocenters. The number of aromatic nitrogens is 4. The molecule has 0 atom stereocenters. The smallest absolute Gasteiger partial charge is 0.255 e. The van der Waals surface area contributed by atoms with E-state index in [9.17, 15) is 9.59 Å². The number of fused-ring (bicyclic) bond motifs is 1. The highest BCUT2D eigenvalue weighted by molar-refractivity contribution is 5.95. The molecule has 0 bridgehead atoms. The molecule has 1 amide bonds. The van der Waals surface area contributed by atoms with Crippen LogP contribution in [0.2, 0.25) is 0 Å². The number of Topliss-reactive ketones (excluding diaryl/α,β-unsaturated/α-hetero) is 1. The van der Waals surface area contributed by atoms with Crippen molar-refractivity contribution >= 4 is 17.3 Å². The number of carbonyl (C=O) groups is 2. The second-order valence-corrected chi connectivity index (χ2v) is 6.70. The summed E-state index contributed by atoms with van der Waals surface area (Å²) in [6, 6.07) is 13.3. The van der Waals surface area contributed by atoms with E-state index in [1.807, 2.05) is 30.3 Å². The monoisotopic (exact) mass is 349 g/mol. The molecule has 1 aromatic carbocycles. The van der Waals surface area contributed by atoms with Crippen LogP contribution in [-0.4, -0.2) is 49.7 Å². The maximum Gasteiger partial charge on any atom is 0.255 e. The summed E-state index contributed by atoms with van der Waals surface area (Å²) >= 11 is 0. The van der Waals surface area contributed by atoms with Gasteiger partial charge in [0.05, 0.1) is 11.0 Å². The number of likely N-dealkylation sites (tertiary alicyclic amines) is 1. The Kier molecular flexibility index (Phi) is 3.99. The second kappa shape index (κ2) is 6.33. The van der Waals surface area contributed by atoms with E-state index in [2.05, 4.69) is 15.5 Å². The van der Waals surface area contributed by atoms with Gasteiger partial charge in [-0.25, -0.2) is 0 Å². The minimum Gasteiger partial charge on any atom is -0.339 e. The number of amides is 1. The standard InChI is InChI=1S/C19H19N5O2/c1-14(25)19(16-5-3-2-4-6-16)9-11-23(12-10-19)18(26)15-7-8-17-20-21-22-24(17)13-15/h2-8,13H,9-12H2,1H3. The molecule has 1 saturated heterocycles. The van der Waals surface area contributed by atoms with Crippen LogP contribution in [0.1, 0.15) is 35.7 Å². The van der Waals surface area contributed by atoms with Crippen molar-refractivity contribution in [2.24, 2.45) is 0 Å². The van der Waals surface area contributed by atoms with Crippen LogP contribution >= 0.6 is 0 Å².